The van der Waals surface area contributed by atoms with E-state index in [9.17, 15) is 19.7 Å². The molecule has 0 unspecified atom stereocenters. The van der Waals surface area contributed by atoms with Crippen LogP contribution in [0.2, 0.25) is 0 Å². The summed E-state index contributed by atoms with van der Waals surface area (Å²) in [6.45, 7) is 3.37. The Bertz CT molecular complexity index is 942. The Hall–Kier alpha value is -3.62. The minimum atomic E-state index is -1.03. The third-order valence-electron chi connectivity index (χ3n) is 4.19. The van der Waals surface area contributed by atoms with Crippen molar-refractivity contribution in [1.29, 1.82) is 0 Å². The van der Waals surface area contributed by atoms with E-state index >= 15 is 0 Å². The van der Waals surface area contributed by atoms with Gasteiger partial charge in [0.15, 0.2) is 17.6 Å². The third-order valence-corrected chi connectivity index (χ3v) is 4.19. The number of rotatable bonds is 6. The predicted molar refractivity (Wildman–Crippen MR) is 97.1 cm³/mol. The molecule has 9 nitrogen and oxygen atoms in total. The second-order valence-electron chi connectivity index (χ2n) is 6.21. The van der Waals surface area contributed by atoms with Crippen LogP contribution in [-0.4, -0.2) is 29.7 Å². The lowest BCUT2D eigenvalue weighted by atomic mass is 10.1. The van der Waals surface area contributed by atoms with Crippen LogP contribution >= 0.6 is 0 Å². The molecule has 9 heteroatoms. The van der Waals surface area contributed by atoms with Gasteiger partial charge in [-0.1, -0.05) is 6.07 Å². The number of hydrogen-bond donors (Lipinski definition) is 1. The molecule has 1 aliphatic heterocycles. The number of esters is 1. The van der Waals surface area contributed by atoms with Crippen molar-refractivity contribution in [2.24, 2.45) is 0 Å². The van der Waals surface area contributed by atoms with Crippen LogP contribution < -0.4 is 14.8 Å². The van der Waals surface area contributed by atoms with Gasteiger partial charge in [-0.3, -0.25) is 14.9 Å². The minimum absolute atomic E-state index is 0.0916. The maximum absolute atomic E-state index is 12.2. The van der Waals surface area contributed by atoms with E-state index in [1.54, 1.807) is 18.2 Å². The fourth-order valence-corrected chi connectivity index (χ4v) is 2.65. The molecule has 0 aromatic heterocycles. The van der Waals surface area contributed by atoms with E-state index in [0.717, 1.165) is 5.56 Å². The molecule has 3 rings (SSSR count). The van der Waals surface area contributed by atoms with Gasteiger partial charge in [0.2, 0.25) is 6.79 Å². The van der Waals surface area contributed by atoms with Gasteiger partial charge < -0.3 is 19.5 Å². The summed E-state index contributed by atoms with van der Waals surface area (Å²) < 4.78 is 15.7. The van der Waals surface area contributed by atoms with Crippen molar-refractivity contribution in [2.45, 2.75) is 26.5 Å². The average molecular weight is 386 g/mol. The molecule has 1 amide bonds. The van der Waals surface area contributed by atoms with Gasteiger partial charge in [0, 0.05) is 18.2 Å². The third kappa shape index (κ3) is 4.20. The van der Waals surface area contributed by atoms with E-state index in [4.69, 9.17) is 14.2 Å². The van der Waals surface area contributed by atoms with Gasteiger partial charge in [-0.05, 0) is 43.7 Å². The zero-order valence-corrected chi connectivity index (χ0v) is 15.3. The highest BCUT2D eigenvalue weighted by Gasteiger charge is 2.21. The number of nitrogens with zero attached hydrogens (tertiary/aromatic N) is 1. The molecule has 1 aliphatic rings. The van der Waals surface area contributed by atoms with Crippen molar-refractivity contribution in [2.75, 3.05) is 6.79 Å². The first-order valence-electron chi connectivity index (χ1n) is 8.47. The largest absolute Gasteiger partial charge is 0.454 e. The van der Waals surface area contributed by atoms with Crippen LogP contribution in [0.5, 0.6) is 11.5 Å². The van der Waals surface area contributed by atoms with E-state index in [1.165, 1.54) is 32.0 Å². The summed E-state index contributed by atoms with van der Waals surface area (Å²) in [6, 6.07) is 9.20. The molecule has 0 radical (unpaired) electrons. The number of nitro groups is 1. The maximum Gasteiger partial charge on any atom is 0.338 e. The molecule has 1 atom stereocenters. The van der Waals surface area contributed by atoms with Crippen molar-refractivity contribution in [3.63, 3.8) is 0 Å². The molecular formula is C19H18N2O7. The lowest BCUT2D eigenvalue weighted by molar-refractivity contribution is -0.385. The van der Waals surface area contributed by atoms with Crippen molar-refractivity contribution >= 4 is 17.6 Å². The average Bonchev–Trinajstić information content (AvgIpc) is 3.13. The zero-order valence-electron chi connectivity index (χ0n) is 15.3. The molecule has 1 heterocycles. The Kier molecular flexibility index (Phi) is 5.44. The van der Waals surface area contributed by atoms with Gasteiger partial charge in [0.25, 0.3) is 11.6 Å². The molecule has 0 bridgehead atoms. The Morgan fingerprint density at radius 3 is 2.68 bits per heavy atom. The van der Waals surface area contributed by atoms with Gasteiger partial charge in [-0.25, -0.2) is 4.79 Å². The maximum atomic E-state index is 12.2. The highest BCUT2D eigenvalue weighted by molar-refractivity contribution is 5.92. The molecule has 0 saturated carbocycles. The number of hydrogen-bond acceptors (Lipinski definition) is 7. The topological polar surface area (TPSA) is 117 Å². The normalized spacial score (nSPS) is 12.9. The molecule has 2 aromatic rings. The number of nitrogens with one attached hydrogen (secondary N) is 1. The Morgan fingerprint density at radius 2 is 1.96 bits per heavy atom. The SMILES string of the molecule is Cc1cc(C(=O)O[C@H](C)C(=O)NCc2ccc3c(c2)OCO3)ccc1[N+](=O)[O-]. The summed E-state index contributed by atoms with van der Waals surface area (Å²) in [5.74, 6) is 0.0592. The monoisotopic (exact) mass is 386 g/mol. The van der Waals surface area contributed by atoms with Gasteiger partial charge in [0.1, 0.15) is 0 Å². The number of nitro benzene ring substituents is 1. The summed E-state index contributed by atoms with van der Waals surface area (Å²) in [4.78, 5) is 34.7. The fourth-order valence-electron chi connectivity index (χ4n) is 2.65. The number of benzene rings is 2. The van der Waals surface area contributed by atoms with Crippen LogP contribution in [-0.2, 0) is 16.1 Å². The number of fused-ring (bicyclic) bond motifs is 1. The number of carbonyl (C=O) groups excluding carboxylic acids is 2. The van der Waals surface area contributed by atoms with Crippen molar-refractivity contribution in [1.82, 2.24) is 5.32 Å². The first kappa shape index (κ1) is 19.2. The summed E-state index contributed by atoms with van der Waals surface area (Å²) in [5.41, 5.74) is 1.19. The lowest BCUT2D eigenvalue weighted by Crippen LogP contribution is -2.35. The first-order valence-corrected chi connectivity index (χ1v) is 8.47. The lowest BCUT2D eigenvalue weighted by Gasteiger charge is -2.14. The highest BCUT2D eigenvalue weighted by Crippen LogP contribution is 2.32. The number of aryl methyl sites for hydroxylation is 1. The summed E-state index contributed by atoms with van der Waals surface area (Å²) >= 11 is 0. The molecule has 1 N–H and O–H groups in total. The van der Waals surface area contributed by atoms with Gasteiger partial charge >= 0.3 is 5.97 Å². The Morgan fingerprint density at radius 1 is 1.21 bits per heavy atom. The molecule has 0 spiro atoms. The van der Waals surface area contributed by atoms with Gasteiger partial charge in [-0.15, -0.1) is 0 Å². The van der Waals surface area contributed by atoms with Crippen LogP contribution in [0.1, 0.15) is 28.4 Å². The number of ether oxygens (including phenoxy) is 3. The van der Waals surface area contributed by atoms with E-state index in [-0.39, 0.29) is 24.6 Å². The standard InChI is InChI=1S/C19H18N2O7/c1-11-7-14(4-5-15(11)21(24)25)19(23)28-12(2)18(22)20-9-13-3-6-16-17(8-13)27-10-26-16/h3-8,12H,9-10H2,1-2H3,(H,20,22)/t12-/m1/s1. The van der Waals surface area contributed by atoms with E-state index in [1.807, 2.05) is 0 Å². The number of carbonyl (C=O) groups is 2. The smallest absolute Gasteiger partial charge is 0.338 e. The Labute approximate surface area is 160 Å². The van der Waals surface area contributed by atoms with Crippen LogP contribution in [0.25, 0.3) is 0 Å². The second kappa shape index (κ2) is 7.95. The quantitative estimate of drug-likeness (QED) is 0.460. The van der Waals surface area contributed by atoms with E-state index in [2.05, 4.69) is 5.32 Å². The van der Waals surface area contributed by atoms with Crippen molar-refractivity contribution in [3.8, 4) is 11.5 Å². The predicted octanol–water partition coefficient (Wildman–Crippen LogP) is 2.49. The molecule has 0 fully saturated rings. The highest BCUT2D eigenvalue weighted by atomic mass is 16.7. The van der Waals surface area contributed by atoms with Gasteiger partial charge in [-0.2, -0.15) is 0 Å². The summed E-state index contributed by atoms with van der Waals surface area (Å²) in [7, 11) is 0. The summed E-state index contributed by atoms with van der Waals surface area (Å²) in [6.07, 6.45) is -1.03. The molecule has 146 valence electrons. The first-order chi connectivity index (χ1) is 13.3. The van der Waals surface area contributed by atoms with E-state index < -0.39 is 22.9 Å². The van der Waals surface area contributed by atoms with E-state index in [0.29, 0.717) is 17.1 Å². The molecule has 2 aromatic carbocycles. The molecule has 0 aliphatic carbocycles. The van der Waals surface area contributed by atoms with Crippen LogP contribution in [0.3, 0.4) is 0 Å². The van der Waals surface area contributed by atoms with Crippen molar-refractivity contribution in [3.05, 3.63) is 63.2 Å². The van der Waals surface area contributed by atoms with Crippen LogP contribution in [0, 0.1) is 17.0 Å². The minimum Gasteiger partial charge on any atom is -0.454 e. The molecule has 28 heavy (non-hydrogen) atoms. The zero-order chi connectivity index (χ0) is 20.3. The Balaban J connectivity index is 1.55. The van der Waals surface area contributed by atoms with Crippen molar-refractivity contribution < 1.29 is 28.7 Å². The molecular weight excluding hydrogens is 368 g/mol. The molecule has 0 saturated heterocycles. The van der Waals surface area contributed by atoms with Crippen LogP contribution in [0.4, 0.5) is 5.69 Å². The number of amides is 1. The fraction of sp³-hybridized carbons (Fsp3) is 0.263. The van der Waals surface area contributed by atoms with Crippen LogP contribution in [0.15, 0.2) is 36.4 Å². The summed E-state index contributed by atoms with van der Waals surface area (Å²) in [5, 5.41) is 13.5. The second-order valence-corrected chi connectivity index (χ2v) is 6.21. The van der Waals surface area contributed by atoms with Gasteiger partial charge in [0.05, 0.1) is 10.5 Å².